The first-order valence-electron chi connectivity index (χ1n) is 6.28. The summed E-state index contributed by atoms with van der Waals surface area (Å²) < 4.78 is 41.7. The van der Waals surface area contributed by atoms with Crippen LogP contribution in [0.3, 0.4) is 0 Å². The van der Waals surface area contributed by atoms with Gasteiger partial charge in [0.05, 0.1) is 15.6 Å². The molecule has 0 fully saturated rings. The molecule has 0 N–H and O–H groups in total. The Bertz CT molecular complexity index is 802. The van der Waals surface area contributed by atoms with E-state index in [-0.39, 0.29) is 22.1 Å². The Morgan fingerprint density at radius 1 is 1.18 bits per heavy atom. The first-order valence-corrected chi connectivity index (χ1v) is 7.93. The topological polar surface area (TPSA) is 86.5 Å². The first-order chi connectivity index (χ1) is 10.3. The van der Waals surface area contributed by atoms with Gasteiger partial charge in [-0.15, -0.1) is 0 Å². The molecule has 0 aliphatic rings. The summed E-state index contributed by atoms with van der Waals surface area (Å²) in [6, 6.07) is 8.34. The Hall–Kier alpha value is -2.48. The molecule has 0 aromatic heterocycles. The van der Waals surface area contributed by atoms with Crippen molar-refractivity contribution in [2.45, 2.75) is 11.8 Å². The van der Waals surface area contributed by atoms with Crippen molar-refractivity contribution >= 4 is 15.5 Å². The third-order valence-corrected chi connectivity index (χ3v) is 4.64. The fourth-order valence-corrected chi connectivity index (χ4v) is 2.62. The predicted octanol–water partition coefficient (Wildman–Crippen LogP) is 3.32. The minimum Gasteiger partial charge on any atom is -0.450 e. The molecule has 2 aromatic rings. The molecule has 0 aliphatic heterocycles. The van der Waals surface area contributed by atoms with Gasteiger partial charge in [0.15, 0.2) is 9.84 Å². The standard InChI is InChI=1S/C14H12FNO5S/c1-2-22(19,20)12-7-8-14(13(9-12)16(17)18)21-11-5-3-10(15)4-6-11/h3-9H,2H2,1H3. The Morgan fingerprint density at radius 3 is 2.36 bits per heavy atom. The van der Waals surface area contributed by atoms with Crippen LogP contribution in [-0.2, 0) is 9.84 Å². The number of nitrogens with zero attached hydrogens (tertiary/aromatic N) is 1. The lowest BCUT2D eigenvalue weighted by atomic mass is 10.3. The highest BCUT2D eigenvalue weighted by Gasteiger charge is 2.21. The molecule has 0 aliphatic carbocycles. The SMILES string of the molecule is CCS(=O)(=O)c1ccc(Oc2ccc(F)cc2)c([N+](=O)[O-])c1. The molecule has 0 saturated carbocycles. The molecule has 0 spiro atoms. The number of hydrogen-bond acceptors (Lipinski definition) is 5. The van der Waals surface area contributed by atoms with Gasteiger partial charge >= 0.3 is 5.69 Å². The molecule has 2 aromatic carbocycles. The maximum Gasteiger partial charge on any atom is 0.312 e. The molecule has 0 heterocycles. The van der Waals surface area contributed by atoms with Crippen LogP contribution in [0.15, 0.2) is 47.4 Å². The average Bonchev–Trinajstić information content (AvgIpc) is 2.49. The zero-order valence-corrected chi connectivity index (χ0v) is 12.3. The summed E-state index contributed by atoms with van der Waals surface area (Å²) in [5.74, 6) is -0.545. The van der Waals surface area contributed by atoms with Crippen LogP contribution in [0, 0.1) is 15.9 Å². The molecule has 8 heteroatoms. The number of hydrogen-bond donors (Lipinski definition) is 0. The second-order valence-electron chi connectivity index (χ2n) is 4.35. The van der Waals surface area contributed by atoms with E-state index in [1.807, 2.05) is 0 Å². The van der Waals surface area contributed by atoms with Crippen LogP contribution in [0.5, 0.6) is 11.5 Å². The number of benzene rings is 2. The highest BCUT2D eigenvalue weighted by Crippen LogP contribution is 2.33. The maximum absolute atomic E-state index is 12.8. The highest BCUT2D eigenvalue weighted by molar-refractivity contribution is 7.91. The smallest absolute Gasteiger partial charge is 0.312 e. The molecule has 0 amide bonds. The van der Waals surface area contributed by atoms with E-state index < -0.39 is 26.3 Å². The van der Waals surface area contributed by atoms with Crippen molar-refractivity contribution in [1.82, 2.24) is 0 Å². The van der Waals surface area contributed by atoms with Gasteiger partial charge in [0.25, 0.3) is 0 Å². The quantitative estimate of drug-likeness (QED) is 0.621. The predicted molar refractivity (Wildman–Crippen MR) is 77.3 cm³/mol. The molecular weight excluding hydrogens is 313 g/mol. The molecule has 0 atom stereocenters. The van der Waals surface area contributed by atoms with E-state index >= 15 is 0 Å². The van der Waals surface area contributed by atoms with E-state index in [0.717, 1.165) is 18.2 Å². The second kappa shape index (κ2) is 6.10. The van der Waals surface area contributed by atoms with Gasteiger partial charge < -0.3 is 4.74 Å². The minimum atomic E-state index is -3.56. The van der Waals surface area contributed by atoms with E-state index in [1.54, 1.807) is 0 Å². The van der Waals surface area contributed by atoms with Crippen molar-refractivity contribution in [3.05, 3.63) is 58.4 Å². The average molecular weight is 325 g/mol. The molecule has 116 valence electrons. The monoisotopic (exact) mass is 325 g/mol. The zero-order valence-electron chi connectivity index (χ0n) is 11.5. The van der Waals surface area contributed by atoms with Gasteiger partial charge in [0, 0.05) is 6.07 Å². The minimum absolute atomic E-state index is 0.119. The number of nitro groups is 1. The number of halogens is 1. The lowest BCUT2D eigenvalue weighted by Crippen LogP contribution is -2.04. The van der Waals surface area contributed by atoms with Crippen LogP contribution >= 0.6 is 0 Å². The molecule has 2 rings (SSSR count). The number of rotatable bonds is 5. The summed E-state index contributed by atoms with van der Waals surface area (Å²) in [7, 11) is -3.56. The van der Waals surface area contributed by atoms with Crippen LogP contribution in [0.1, 0.15) is 6.92 Å². The Balaban J connectivity index is 2.44. The van der Waals surface area contributed by atoms with Crippen LogP contribution < -0.4 is 4.74 Å². The molecular formula is C14H12FNO5S. The molecule has 0 bridgehead atoms. The van der Waals surface area contributed by atoms with Crippen LogP contribution in [0.25, 0.3) is 0 Å². The summed E-state index contributed by atoms with van der Waals surface area (Å²) in [5, 5.41) is 11.1. The summed E-state index contributed by atoms with van der Waals surface area (Å²) in [5.41, 5.74) is -0.473. The van der Waals surface area contributed by atoms with Crippen LogP contribution in [-0.4, -0.2) is 19.1 Å². The fourth-order valence-electron chi connectivity index (χ4n) is 1.72. The summed E-state index contributed by atoms with van der Waals surface area (Å²) in [6.45, 7) is 1.45. The van der Waals surface area contributed by atoms with Gasteiger partial charge in [-0.1, -0.05) is 6.92 Å². The number of sulfone groups is 1. The van der Waals surface area contributed by atoms with Gasteiger partial charge in [-0.25, -0.2) is 12.8 Å². The molecule has 0 saturated heterocycles. The zero-order chi connectivity index (χ0) is 16.3. The summed E-state index contributed by atoms with van der Waals surface area (Å²) in [6.07, 6.45) is 0. The summed E-state index contributed by atoms with van der Waals surface area (Å²) in [4.78, 5) is 10.2. The van der Waals surface area contributed by atoms with E-state index in [0.29, 0.717) is 0 Å². The molecule has 0 radical (unpaired) electrons. The highest BCUT2D eigenvalue weighted by atomic mass is 32.2. The van der Waals surface area contributed by atoms with E-state index in [9.17, 15) is 22.9 Å². The van der Waals surface area contributed by atoms with Crippen molar-refractivity contribution < 1.29 is 22.5 Å². The third kappa shape index (κ3) is 3.40. The third-order valence-electron chi connectivity index (χ3n) is 2.91. The Kier molecular flexibility index (Phi) is 4.41. The van der Waals surface area contributed by atoms with Crippen molar-refractivity contribution in [3.63, 3.8) is 0 Å². The Labute approximate surface area is 126 Å². The lowest BCUT2D eigenvalue weighted by molar-refractivity contribution is -0.385. The van der Waals surface area contributed by atoms with E-state index in [1.165, 1.54) is 31.2 Å². The lowest BCUT2D eigenvalue weighted by Gasteiger charge is -2.08. The van der Waals surface area contributed by atoms with Crippen molar-refractivity contribution in [2.75, 3.05) is 5.75 Å². The summed E-state index contributed by atoms with van der Waals surface area (Å²) >= 11 is 0. The first kappa shape index (κ1) is 15.9. The van der Waals surface area contributed by atoms with E-state index in [4.69, 9.17) is 4.74 Å². The number of nitro benzene ring substituents is 1. The fraction of sp³-hybridized carbons (Fsp3) is 0.143. The van der Waals surface area contributed by atoms with Crippen molar-refractivity contribution in [2.24, 2.45) is 0 Å². The number of ether oxygens (including phenoxy) is 1. The maximum atomic E-state index is 12.8. The molecule has 0 unspecified atom stereocenters. The van der Waals surface area contributed by atoms with Crippen molar-refractivity contribution in [1.29, 1.82) is 0 Å². The van der Waals surface area contributed by atoms with Gasteiger partial charge in [-0.2, -0.15) is 0 Å². The largest absolute Gasteiger partial charge is 0.450 e. The van der Waals surface area contributed by atoms with Gasteiger partial charge in [0.2, 0.25) is 5.75 Å². The Morgan fingerprint density at radius 2 is 1.82 bits per heavy atom. The van der Waals surface area contributed by atoms with Gasteiger partial charge in [-0.05, 0) is 36.4 Å². The van der Waals surface area contributed by atoms with Crippen LogP contribution in [0.2, 0.25) is 0 Å². The van der Waals surface area contributed by atoms with Crippen molar-refractivity contribution in [3.8, 4) is 11.5 Å². The normalized spacial score (nSPS) is 11.2. The second-order valence-corrected chi connectivity index (χ2v) is 6.62. The van der Waals surface area contributed by atoms with Gasteiger partial charge in [-0.3, -0.25) is 10.1 Å². The van der Waals surface area contributed by atoms with E-state index in [2.05, 4.69) is 0 Å². The molecule has 22 heavy (non-hydrogen) atoms. The molecule has 6 nitrogen and oxygen atoms in total. The van der Waals surface area contributed by atoms with Crippen LogP contribution in [0.4, 0.5) is 10.1 Å². The van der Waals surface area contributed by atoms with Gasteiger partial charge in [0.1, 0.15) is 11.6 Å².